The Hall–Kier alpha value is -1.09. The molecule has 1 aromatic rings. The molecule has 0 saturated carbocycles. The van der Waals surface area contributed by atoms with E-state index < -0.39 is 0 Å². The Kier molecular flexibility index (Phi) is 2.44. The van der Waals surface area contributed by atoms with E-state index in [1.54, 1.807) is 12.3 Å². The number of aromatic nitrogens is 1. The van der Waals surface area contributed by atoms with Crippen molar-refractivity contribution in [3.05, 3.63) is 23.9 Å². The fraction of sp³-hybridized carbons (Fsp3) is 0.375. The van der Waals surface area contributed by atoms with Gasteiger partial charge in [-0.3, -0.25) is 0 Å². The van der Waals surface area contributed by atoms with Crippen LogP contribution in [0.15, 0.2) is 18.3 Å². The van der Waals surface area contributed by atoms with E-state index in [4.69, 9.17) is 5.26 Å². The quantitative estimate of drug-likeness (QED) is 0.522. The van der Waals surface area contributed by atoms with Gasteiger partial charge in [0, 0.05) is 12.3 Å². The lowest BCUT2D eigenvalue weighted by molar-refractivity contribution is -0.141. The van der Waals surface area contributed by atoms with E-state index in [0.717, 1.165) is 5.56 Å². The number of hydrogen-bond acceptors (Lipinski definition) is 3. The molecule has 0 atom stereocenters. The van der Waals surface area contributed by atoms with Crippen molar-refractivity contribution >= 4 is 0 Å². The van der Waals surface area contributed by atoms with E-state index in [1.165, 1.54) is 0 Å². The van der Waals surface area contributed by atoms with Crippen molar-refractivity contribution in [2.75, 3.05) is 0 Å². The van der Waals surface area contributed by atoms with Gasteiger partial charge in [-0.25, -0.2) is 10.2 Å². The van der Waals surface area contributed by atoms with E-state index in [0.29, 0.717) is 5.92 Å². The van der Waals surface area contributed by atoms with Gasteiger partial charge < -0.3 is 4.89 Å². The topological polar surface area (TPSA) is 42.4 Å². The molecule has 0 saturated heterocycles. The summed E-state index contributed by atoms with van der Waals surface area (Å²) in [6.07, 6.45) is 1.61. The molecule has 0 amide bonds. The summed E-state index contributed by atoms with van der Waals surface area (Å²) in [6.45, 7) is 4.13. The van der Waals surface area contributed by atoms with Crippen molar-refractivity contribution in [3.8, 4) is 5.88 Å². The number of pyridine rings is 1. The van der Waals surface area contributed by atoms with Crippen LogP contribution in [0.25, 0.3) is 0 Å². The summed E-state index contributed by atoms with van der Waals surface area (Å²) >= 11 is 0. The lowest BCUT2D eigenvalue weighted by atomic mass is 10.1. The van der Waals surface area contributed by atoms with Gasteiger partial charge in [0.1, 0.15) is 0 Å². The molecule has 60 valence electrons. The molecule has 0 radical (unpaired) electrons. The molecule has 0 fully saturated rings. The summed E-state index contributed by atoms with van der Waals surface area (Å²) in [5.41, 5.74) is 1.10. The molecule has 1 N–H and O–H groups in total. The molecule has 0 aliphatic heterocycles. The minimum atomic E-state index is 0.246. The van der Waals surface area contributed by atoms with Gasteiger partial charge in [-0.2, -0.15) is 0 Å². The maximum Gasteiger partial charge on any atom is 0.256 e. The molecule has 0 aliphatic carbocycles. The van der Waals surface area contributed by atoms with Crippen molar-refractivity contribution in [2.24, 2.45) is 0 Å². The van der Waals surface area contributed by atoms with Crippen LogP contribution in [0.2, 0.25) is 0 Å². The first-order valence-corrected chi connectivity index (χ1v) is 3.51. The second-order valence-electron chi connectivity index (χ2n) is 2.67. The average Bonchev–Trinajstić information content (AvgIpc) is 2.05. The zero-order valence-electron chi connectivity index (χ0n) is 6.61. The molecule has 0 spiro atoms. The highest BCUT2D eigenvalue weighted by molar-refractivity contribution is 5.22. The summed E-state index contributed by atoms with van der Waals surface area (Å²) < 4.78 is 0. The molecular weight excluding hydrogens is 142 g/mol. The second-order valence-corrected chi connectivity index (χ2v) is 2.67. The van der Waals surface area contributed by atoms with Gasteiger partial charge in [0.15, 0.2) is 0 Å². The van der Waals surface area contributed by atoms with Crippen LogP contribution < -0.4 is 4.89 Å². The van der Waals surface area contributed by atoms with Gasteiger partial charge in [0.2, 0.25) is 0 Å². The average molecular weight is 153 g/mol. The highest BCUT2D eigenvalue weighted by Crippen LogP contribution is 2.16. The van der Waals surface area contributed by atoms with Crippen molar-refractivity contribution in [1.29, 1.82) is 0 Å². The lowest BCUT2D eigenvalue weighted by Crippen LogP contribution is -1.91. The Morgan fingerprint density at radius 3 is 2.82 bits per heavy atom. The summed E-state index contributed by atoms with van der Waals surface area (Å²) in [7, 11) is 0. The minimum absolute atomic E-state index is 0.246. The van der Waals surface area contributed by atoms with Crippen LogP contribution in [-0.4, -0.2) is 10.2 Å². The van der Waals surface area contributed by atoms with E-state index >= 15 is 0 Å². The van der Waals surface area contributed by atoms with Gasteiger partial charge in [0.05, 0.1) is 0 Å². The fourth-order valence-corrected chi connectivity index (χ4v) is 0.834. The van der Waals surface area contributed by atoms with Gasteiger partial charge >= 0.3 is 0 Å². The molecule has 3 heteroatoms. The molecule has 0 unspecified atom stereocenters. The Balaban J connectivity index is 2.91. The van der Waals surface area contributed by atoms with Crippen LogP contribution in [0.1, 0.15) is 25.3 Å². The first kappa shape index (κ1) is 8.01. The molecule has 1 heterocycles. The Morgan fingerprint density at radius 2 is 2.27 bits per heavy atom. The molecule has 1 aromatic heterocycles. The van der Waals surface area contributed by atoms with E-state index in [2.05, 4.69) is 23.7 Å². The monoisotopic (exact) mass is 153 g/mol. The third-order valence-electron chi connectivity index (χ3n) is 1.52. The predicted molar refractivity (Wildman–Crippen MR) is 41.6 cm³/mol. The third-order valence-corrected chi connectivity index (χ3v) is 1.52. The van der Waals surface area contributed by atoms with Crippen LogP contribution in [0.5, 0.6) is 5.88 Å². The molecular formula is C8H11NO2. The summed E-state index contributed by atoms with van der Waals surface area (Å²) in [4.78, 5) is 7.76. The molecule has 11 heavy (non-hydrogen) atoms. The molecule has 3 nitrogen and oxygen atoms in total. The fourth-order valence-electron chi connectivity index (χ4n) is 0.834. The summed E-state index contributed by atoms with van der Waals surface area (Å²) in [5.74, 6) is 0.670. The van der Waals surface area contributed by atoms with Crippen LogP contribution in [-0.2, 0) is 0 Å². The summed E-state index contributed by atoms with van der Waals surface area (Å²) in [5, 5.41) is 8.28. The highest BCUT2D eigenvalue weighted by Gasteiger charge is 2.00. The first-order valence-electron chi connectivity index (χ1n) is 3.51. The van der Waals surface area contributed by atoms with E-state index in [-0.39, 0.29) is 5.88 Å². The predicted octanol–water partition coefficient (Wildman–Crippen LogP) is 2.06. The summed E-state index contributed by atoms with van der Waals surface area (Å²) in [6, 6.07) is 3.61. The van der Waals surface area contributed by atoms with Gasteiger partial charge in [0.25, 0.3) is 5.88 Å². The zero-order valence-corrected chi connectivity index (χ0v) is 6.61. The Morgan fingerprint density at radius 1 is 1.55 bits per heavy atom. The normalized spacial score (nSPS) is 10.2. The van der Waals surface area contributed by atoms with Crippen LogP contribution in [0, 0.1) is 0 Å². The molecule has 0 bridgehead atoms. The van der Waals surface area contributed by atoms with Crippen molar-refractivity contribution in [3.63, 3.8) is 0 Å². The zero-order chi connectivity index (χ0) is 8.27. The third kappa shape index (κ3) is 1.91. The molecule has 0 aromatic carbocycles. The van der Waals surface area contributed by atoms with Gasteiger partial charge in [-0.1, -0.05) is 13.8 Å². The van der Waals surface area contributed by atoms with E-state index in [9.17, 15) is 0 Å². The van der Waals surface area contributed by atoms with Crippen LogP contribution >= 0.6 is 0 Å². The van der Waals surface area contributed by atoms with Gasteiger partial charge in [-0.15, -0.1) is 0 Å². The van der Waals surface area contributed by atoms with Crippen molar-refractivity contribution in [1.82, 2.24) is 4.98 Å². The Labute approximate surface area is 65.6 Å². The maximum absolute atomic E-state index is 8.28. The largest absolute Gasteiger partial charge is 0.320 e. The van der Waals surface area contributed by atoms with Crippen LogP contribution in [0.3, 0.4) is 0 Å². The first-order chi connectivity index (χ1) is 5.24. The van der Waals surface area contributed by atoms with Crippen molar-refractivity contribution in [2.45, 2.75) is 19.8 Å². The lowest BCUT2D eigenvalue weighted by Gasteiger charge is -2.04. The van der Waals surface area contributed by atoms with Crippen LogP contribution in [0.4, 0.5) is 0 Å². The highest BCUT2D eigenvalue weighted by atomic mass is 17.1. The van der Waals surface area contributed by atoms with E-state index in [1.807, 2.05) is 6.07 Å². The SMILES string of the molecule is CC(C)c1ccnc(OO)c1. The standard InChI is InChI=1S/C8H11NO2/c1-6(2)7-3-4-9-8(5-7)11-10/h3-6,10H,1-2H3. The molecule has 0 aliphatic rings. The molecule has 1 rings (SSSR count). The maximum atomic E-state index is 8.28. The minimum Gasteiger partial charge on any atom is -0.320 e. The second kappa shape index (κ2) is 3.34. The number of rotatable bonds is 2. The Bertz CT molecular complexity index is 235. The van der Waals surface area contributed by atoms with Gasteiger partial charge in [-0.05, 0) is 17.5 Å². The smallest absolute Gasteiger partial charge is 0.256 e. The number of hydrogen-bond donors (Lipinski definition) is 1. The van der Waals surface area contributed by atoms with Crippen molar-refractivity contribution < 1.29 is 10.1 Å². The number of nitrogens with zero attached hydrogens (tertiary/aromatic N) is 1.